The average molecular weight is 237 g/mol. The molecule has 0 amide bonds. The number of methoxy groups -OCH3 is 1. The highest BCUT2D eigenvalue weighted by atomic mass is 16.5. The molecule has 1 aromatic carbocycles. The van der Waals surface area contributed by atoms with Gasteiger partial charge in [0.2, 0.25) is 0 Å². The van der Waals surface area contributed by atoms with Crippen LogP contribution in [0.25, 0.3) is 0 Å². The Kier molecular flexibility index (Phi) is 4.23. The van der Waals surface area contributed by atoms with Crippen molar-refractivity contribution >= 4 is 0 Å². The number of ether oxygens (including phenoxy) is 3. The Morgan fingerprint density at radius 2 is 2.18 bits per heavy atom. The quantitative estimate of drug-likeness (QED) is 0.844. The molecule has 2 rings (SSSR count). The summed E-state index contributed by atoms with van der Waals surface area (Å²) in [5, 5.41) is 0. The second-order valence-electron chi connectivity index (χ2n) is 4.26. The van der Waals surface area contributed by atoms with Crippen LogP contribution in [0.4, 0.5) is 0 Å². The van der Waals surface area contributed by atoms with Gasteiger partial charge in [0, 0.05) is 25.1 Å². The lowest BCUT2D eigenvalue weighted by molar-refractivity contribution is 0.167. The summed E-state index contributed by atoms with van der Waals surface area (Å²) >= 11 is 0. The van der Waals surface area contributed by atoms with Crippen LogP contribution in [0.5, 0.6) is 11.5 Å². The van der Waals surface area contributed by atoms with E-state index in [1.807, 2.05) is 18.2 Å². The molecular weight excluding hydrogens is 218 g/mol. The van der Waals surface area contributed by atoms with Gasteiger partial charge in [0.15, 0.2) is 0 Å². The molecule has 1 heterocycles. The van der Waals surface area contributed by atoms with Crippen molar-refractivity contribution in [3.05, 3.63) is 23.8 Å². The molecule has 2 N–H and O–H groups in total. The van der Waals surface area contributed by atoms with E-state index in [1.165, 1.54) is 0 Å². The molecule has 0 bridgehead atoms. The summed E-state index contributed by atoms with van der Waals surface area (Å²) in [5.41, 5.74) is 6.65. The molecule has 1 aliphatic rings. The van der Waals surface area contributed by atoms with Gasteiger partial charge < -0.3 is 19.9 Å². The summed E-state index contributed by atoms with van der Waals surface area (Å²) in [5.74, 6) is 2.10. The molecule has 94 valence electrons. The summed E-state index contributed by atoms with van der Waals surface area (Å²) < 4.78 is 16.3. The van der Waals surface area contributed by atoms with Gasteiger partial charge in [-0.1, -0.05) is 0 Å². The third kappa shape index (κ3) is 3.35. The van der Waals surface area contributed by atoms with E-state index in [9.17, 15) is 0 Å². The van der Waals surface area contributed by atoms with Crippen LogP contribution in [0, 0.1) is 5.92 Å². The maximum absolute atomic E-state index is 5.76. The molecule has 4 nitrogen and oxygen atoms in total. The molecular formula is C13H19NO3. The Hall–Kier alpha value is -1.26. The molecule has 1 fully saturated rings. The van der Waals surface area contributed by atoms with Gasteiger partial charge in [0.25, 0.3) is 0 Å². The highest BCUT2D eigenvalue weighted by Crippen LogP contribution is 2.24. The lowest BCUT2D eigenvalue weighted by Crippen LogP contribution is -2.12. The van der Waals surface area contributed by atoms with Crippen molar-refractivity contribution in [2.75, 3.05) is 26.9 Å². The molecule has 1 unspecified atom stereocenters. The largest absolute Gasteiger partial charge is 0.497 e. The number of hydrogen-bond donors (Lipinski definition) is 1. The standard InChI is InChI=1S/C13H19NO3/c1-15-12-4-11(7-14)5-13(6-12)17-9-10-2-3-16-8-10/h4-6,10H,2-3,7-9,14H2,1H3. The normalized spacial score (nSPS) is 19.3. The van der Waals surface area contributed by atoms with Crippen LogP contribution >= 0.6 is 0 Å². The maximum Gasteiger partial charge on any atom is 0.123 e. The minimum Gasteiger partial charge on any atom is -0.497 e. The van der Waals surface area contributed by atoms with E-state index in [4.69, 9.17) is 19.9 Å². The Labute approximate surface area is 102 Å². The van der Waals surface area contributed by atoms with Gasteiger partial charge in [-0.15, -0.1) is 0 Å². The lowest BCUT2D eigenvalue weighted by Gasteiger charge is -2.12. The van der Waals surface area contributed by atoms with Crippen molar-refractivity contribution in [3.8, 4) is 11.5 Å². The predicted octanol–water partition coefficient (Wildman–Crippen LogP) is 1.57. The number of benzene rings is 1. The Bertz CT molecular complexity index is 339. The van der Waals surface area contributed by atoms with Gasteiger partial charge in [-0.25, -0.2) is 0 Å². The summed E-state index contributed by atoms with van der Waals surface area (Å²) in [4.78, 5) is 0. The van der Waals surface area contributed by atoms with Crippen LogP contribution in [0.15, 0.2) is 18.2 Å². The van der Waals surface area contributed by atoms with Crippen molar-refractivity contribution in [3.63, 3.8) is 0 Å². The molecule has 0 spiro atoms. The fraction of sp³-hybridized carbons (Fsp3) is 0.538. The molecule has 1 atom stereocenters. The zero-order valence-corrected chi connectivity index (χ0v) is 10.1. The van der Waals surface area contributed by atoms with E-state index in [0.29, 0.717) is 19.1 Å². The average Bonchev–Trinajstić information content (AvgIpc) is 2.89. The summed E-state index contributed by atoms with van der Waals surface area (Å²) in [6.45, 7) is 2.82. The SMILES string of the molecule is COc1cc(CN)cc(OCC2CCOC2)c1. The third-order valence-corrected chi connectivity index (χ3v) is 2.92. The van der Waals surface area contributed by atoms with E-state index in [-0.39, 0.29) is 0 Å². The first kappa shape index (κ1) is 12.2. The van der Waals surface area contributed by atoms with E-state index in [0.717, 1.165) is 36.7 Å². The summed E-state index contributed by atoms with van der Waals surface area (Å²) in [6, 6.07) is 5.76. The lowest BCUT2D eigenvalue weighted by atomic mass is 10.1. The van der Waals surface area contributed by atoms with Crippen molar-refractivity contribution in [2.45, 2.75) is 13.0 Å². The second-order valence-corrected chi connectivity index (χ2v) is 4.26. The smallest absolute Gasteiger partial charge is 0.123 e. The van der Waals surface area contributed by atoms with Crippen LogP contribution in [-0.4, -0.2) is 26.9 Å². The maximum atomic E-state index is 5.76. The fourth-order valence-electron chi connectivity index (χ4n) is 1.88. The van der Waals surface area contributed by atoms with Crippen LogP contribution < -0.4 is 15.2 Å². The molecule has 0 aromatic heterocycles. The van der Waals surface area contributed by atoms with E-state index in [1.54, 1.807) is 7.11 Å². The third-order valence-electron chi connectivity index (χ3n) is 2.92. The fourth-order valence-corrected chi connectivity index (χ4v) is 1.88. The van der Waals surface area contributed by atoms with Gasteiger partial charge in [-0.3, -0.25) is 0 Å². The highest BCUT2D eigenvalue weighted by Gasteiger charge is 2.16. The number of nitrogens with two attached hydrogens (primary N) is 1. The van der Waals surface area contributed by atoms with E-state index >= 15 is 0 Å². The van der Waals surface area contributed by atoms with Gasteiger partial charge >= 0.3 is 0 Å². The van der Waals surface area contributed by atoms with E-state index in [2.05, 4.69) is 0 Å². The Morgan fingerprint density at radius 1 is 1.35 bits per heavy atom. The molecule has 17 heavy (non-hydrogen) atoms. The molecule has 1 saturated heterocycles. The predicted molar refractivity (Wildman–Crippen MR) is 65.3 cm³/mol. The van der Waals surface area contributed by atoms with Crippen LogP contribution in [-0.2, 0) is 11.3 Å². The Morgan fingerprint density at radius 3 is 2.82 bits per heavy atom. The molecule has 4 heteroatoms. The monoisotopic (exact) mass is 237 g/mol. The van der Waals surface area contributed by atoms with Crippen molar-refractivity contribution < 1.29 is 14.2 Å². The zero-order chi connectivity index (χ0) is 12.1. The minimum atomic E-state index is 0.486. The number of rotatable bonds is 5. The van der Waals surface area contributed by atoms with Crippen LogP contribution in [0.1, 0.15) is 12.0 Å². The van der Waals surface area contributed by atoms with Gasteiger partial charge in [0.05, 0.1) is 20.3 Å². The van der Waals surface area contributed by atoms with Gasteiger partial charge in [-0.05, 0) is 24.1 Å². The topological polar surface area (TPSA) is 53.7 Å². The minimum absolute atomic E-state index is 0.486. The Balaban J connectivity index is 1.98. The number of hydrogen-bond acceptors (Lipinski definition) is 4. The first-order valence-electron chi connectivity index (χ1n) is 5.90. The first-order valence-corrected chi connectivity index (χ1v) is 5.90. The molecule has 0 radical (unpaired) electrons. The van der Waals surface area contributed by atoms with E-state index < -0.39 is 0 Å². The van der Waals surface area contributed by atoms with Crippen molar-refractivity contribution in [1.82, 2.24) is 0 Å². The highest BCUT2D eigenvalue weighted by molar-refractivity contribution is 5.38. The van der Waals surface area contributed by atoms with Crippen LogP contribution in [0.2, 0.25) is 0 Å². The zero-order valence-electron chi connectivity index (χ0n) is 10.1. The van der Waals surface area contributed by atoms with Gasteiger partial charge in [-0.2, -0.15) is 0 Å². The molecule has 1 aromatic rings. The summed E-state index contributed by atoms with van der Waals surface area (Å²) in [7, 11) is 1.64. The van der Waals surface area contributed by atoms with Crippen molar-refractivity contribution in [2.24, 2.45) is 11.7 Å². The van der Waals surface area contributed by atoms with Crippen molar-refractivity contribution in [1.29, 1.82) is 0 Å². The second kappa shape index (κ2) is 5.89. The van der Waals surface area contributed by atoms with Crippen LogP contribution in [0.3, 0.4) is 0 Å². The summed E-state index contributed by atoms with van der Waals surface area (Å²) in [6.07, 6.45) is 1.08. The molecule has 0 aliphatic carbocycles. The molecule has 1 aliphatic heterocycles. The van der Waals surface area contributed by atoms with Gasteiger partial charge in [0.1, 0.15) is 11.5 Å². The first-order chi connectivity index (χ1) is 8.31. The molecule has 0 saturated carbocycles.